The number of phosphoric acid groups is 2. The van der Waals surface area contributed by atoms with Gasteiger partial charge in [-0.3, -0.25) is 4.89 Å². The quantitative estimate of drug-likeness (QED) is 0.543. The van der Waals surface area contributed by atoms with Crippen LogP contribution in [0.5, 0.6) is 5.75 Å². The van der Waals surface area contributed by atoms with Crippen molar-refractivity contribution < 1.29 is 32.6 Å². The molecule has 0 spiro atoms. The molecule has 100 valence electrons. The number of rotatable bonds is 6. The van der Waals surface area contributed by atoms with Crippen LogP contribution in [0.3, 0.4) is 0 Å². The summed E-state index contributed by atoms with van der Waals surface area (Å²) in [4.78, 5) is 26.1. The van der Waals surface area contributed by atoms with Crippen molar-refractivity contribution in [2.45, 2.75) is 6.42 Å². The summed E-state index contributed by atoms with van der Waals surface area (Å²) in [6.45, 7) is 3.51. The topological polar surface area (TPSA) is 113 Å². The van der Waals surface area contributed by atoms with Crippen molar-refractivity contribution in [2.75, 3.05) is 0 Å². The van der Waals surface area contributed by atoms with Gasteiger partial charge in [-0.05, 0) is 18.1 Å². The Labute approximate surface area is 104 Å². The van der Waals surface area contributed by atoms with Crippen LogP contribution in [-0.2, 0) is 19.9 Å². The molecule has 0 heterocycles. The number of benzene rings is 1. The number of phosphoric ester groups is 1. The molecule has 0 bridgehead atoms. The van der Waals surface area contributed by atoms with Crippen molar-refractivity contribution >= 4 is 15.6 Å². The first kappa shape index (κ1) is 15.1. The fourth-order valence-corrected chi connectivity index (χ4v) is 2.83. The summed E-state index contributed by atoms with van der Waals surface area (Å²) in [6.07, 6.45) is 1.92. The molecule has 1 unspecified atom stereocenters. The third-order valence-corrected chi connectivity index (χ3v) is 3.86. The van der Waals surface area contributed by atoms with Gasteiger partial charge in [0, 0.05) is 0 Å². The largest absolute Gasteiger partial charge is 0.536 e. The Morgan fingerprint density at radius 2 is 1.83 bits per heavy atom. The standard InChI is InChI=1S/C9H12O7P2/c1-2-5-8-6-3-4-7-9(8)15-18(13,14)16-17(10,11)12/h2-4,6-7H,1,5H2,(H,13,14)(H2,10,11,12). The zero-order chi connectivity index (χ0) is 13.8. The van der Waals surface area contributed by atoms with Gasteiger partial charge in [0.1, 0.15) is 5.75 Å². The van der Waals surface area contributed by atoms with Crippen molar-refractivity contribution in [1.82, 2.24) is 0 Å². The molecule has 0 saturated heterocycles. The number of hydrogen-bond acceptors (Lipinski definition) is 4. The smallest absolute Gasteiger partial charge is 0.404 e. The van der Waals surface area contributed by atoms with E-state index in [2.05, 4.69) is 15.4 Å². The lowest BCUT2D eigenvalue weighted by Gasteiger charge is -2.15. The molecule has 0 aromatic heterocycles. The second-order valence-electron chi connectivity index (χ2n) is 3.23. The van der Waals surface area contributed by atoms with Gasteiger partial charge < -0.3 is 14.3 Å². The Kier molecular flexibility index (Phi) is 4.87. The van der Waals surface area contributed by atoms with E-state index in [0.29, 0.717) is 12.0 Å². The molecule has 0 aliphatic carbocycles. The highest BCUT2D eigenvalue weighted by molar-refractivity contribution is 7.60. The fourth-order valence-electron chi connectivity index (χ4n) is 1.19. The lowest BCUT2D eigenvalue weighted by Crippen LogP contribution is -1.98. The third kappa shape index (κ3) is 5.14. The summed E-state index contributed by atoms with van der Waals surface area (Å²) in [5.41, 5.74) is 0.538. The second-order valence-corrected chi connectivity index (χ2v) is 5.99. The van der Waals surface area contributed by atoms with Crippen LogP contribution >= 0.6 is 15.6 Å². The van der Waals surface area contributed by atoms with Crippen LogP contribution in [0, 0.1) is 0 Å². The van der Waals surface area contributed by atoms with Crippen LogP contribution < -0.4 is 4.52 Å². The van der Waals surface area contributed by atoms with E-state index in [4.69, 9.17) is 9.79 Å². The minimum atomic E-state index is -5.11. The molecule has 0 radical (unpaired) electrons. The van der Waals surface area contributed by atoms with Crippen LogP contribution in [0.25, 0.3) is 0 Å². The lowest BCUT2D eigenvalue weighted by molar-refractivity contribution is 0.229. The maximum Gasteiger partial charge on any atom is 0.536 e. The molecule has 1 aromatic carbocycles. The van der Waals surface area contributed by atoms with Gasteiger partial charge in [-0.1, -0.05) is 24.3 Å². The van der Waals surface area contributed by atoms with Crippen molar-refractivity contribution in [2.24, 2.45) is 0 Å². The van der Waals surface area contributed by atoms with E-state index in [0.717, 1.165) is 0 Å². The van der Waals surface area contributed by atoms with Gasteiger partial charge >= 0.3 is 15.6 Å². The van der Waals surface area contributed by atoms with Crippen LogP contribution in [0.4, 0.5) is 0 Å². The molecule has 7 nitrogen and oxygen atoms in total. The summed E-state index contributed by atoms with van der Waals surface area (Å²) in [5.74, 6) is -0.00307. The number of para-hydroxylation sites is 1. The van der Waals surface area contributed by atoms with Gasteiger partial charge in [0.05, 0.1) is 0 Å². The number of hydrogen-bond donors (Lipinski definition) is 3. The van der Waals surface area contributed by atoms with E-state index in [9.17, 15) is 14.0 Å². The van der Waals surface area contributed by atoms with E-state index < -0.39 is 15.6 Å². The summed E-state index contributed by atoms with van der Waals surface area (Å²) < 4.78 is 30.1. The summed E-state index contributed by atoms with van der Waals surface area (Å²) in [6, 6.07) is 6.22. The summed E-state index contributed by atoms with van der Waals surface area (Å²) in [7, 11) is -10.00. The monoisotopic (exact) mass is 294 g/mol. The highest BCUT2D eigenvalue weighted by atomic mass is 31.3. The normalized spacial score (nSPS) is 14.8. The van der Waals surface area contributed by atoms with Crippen LogP contribution in [0.15, 0.2) is 36.9 Å². The molecule has 0 aliphatic rings. The van der Waals surface area contributed by atoms with Crippen molar-refractivity contribution in [3.8, 4) is 5.75 Å². The Balaban J connectivity index is 2.93. The van der Waals surface area contributed by atoms with Gasteiger partial charge in [-0.2, -0.15) is 4.31 Å². The summed E-state index contributed by atoms with van der Waals surface area (Å²) in [5, 5.41) is 0. The SMILES string of the molecule is C=CCc1ccccc1OP(=O)(O)OP(=O)(O)O. The van der Waals surface area contributed by atoms with Gasteiger partial charge in [0.2, 0.25) is 0 Å². The van der Waals surface area contributed by atoms with Crippen molar-refractivity contribution in [3.63, 3.8) is 0 Å². The first-order valence-corrected chi connectivity index (χ1v) is 7.74. The number of allylic oxidation sites excluding steroid dienone is 1. The molecule has 0 aliphatic heterocycles. The molecule has 18 heavy (non-hydrogen) atoms. The van der Waals surface area contributed by atoms with E-state index in [1.54, 1.807) is 24.3 Å². The Bertz CT molecular complexity index is 521. The van der Waals surface area contributed by atoms with E-state index in [-0.39, 0.29) is 5.75 Å². The molecule has 1 atom stereocenters. The highest BCUT2D eigenvalue weighted by Gasteiger charge is 2.34. The first-order chi connectivity index (χ1) is 8.23. The van der Waals surface area contributed by atoms with Gasteiger partial charge in [-0.25, -0.2) is 9.13 Å². The molecular formula is C9H12O7P2. The molecule has 3 N–H and O–H groups in total. The zero-order valence-corrected chi connectivity index (χ0v) is 11.0. The van der Waals surface area contributed by atoms with Crippen molar-refractivity contribution in [3.05, 3.63) is 42.5 Å². The predicted molar refractivity (Wildman–Crippen MR) is 63.9 cm³/mol. The molecule has 9 heteroatoms. The van der Waals surface area contributed by atoms with E-state index >= 15 is 0 Å². The van der Waals surface area contributed by atoms with Gasteiger partial charge in [0.25, 0.3) is 0 Å². The average molecular weight is 294 g/mol. The molecule has 1 aromatic rings. The first-order valence-electron chi connectivity index (χ1n) is 4.71. The summed E-state index contributed by atoms with van der Waals surface area (Å²) >= 11 is 0. The Morgan fingerprint density at radius 3 is 2.39 bits per heavy atom. The molecule has 0 amide bonds. The predicted octanol–water partition coefficient (Wildman–Crippen LogP) is 2.00. The van der Waals surface area contributed by atoms with Crippen LogP contribution in [0.1, 0.15) is 5.56 Å². The Morgan fingerprint density at radius 1 is 1.22 bits per heavy atom. The maximum absolute atomic E-state index is 11.3. The molecular weight excluding hydrogens is 282 g/mol. The van der Waals surface area contributed by atoms with E-state index in [1.807, 2.05) is 0 Å². The van der Waals surface area contributed by atoms with Gasteiger partial charge in [0.15, 0.2) is 0 Å². The maximum atomic E-state index is 11.3. The third-order valence-electron chi connectivity index (χ3n) is 1.76. The molecule has 0 fully saturated rings. The minimum Gasteiger partial charge on any atom is -0.404 e. The Hall–Kier alpha value is -0.940. The molecule has 1 rings (SSSR count). The van der Waals surface area contributed by atoms with E-state index in [1.165, 1.54) is 6.07 Å². The minimum absolute atomic E-state index is 0.00307. The second kappa shape index (κ2) is 5.80. The highest BCUT2D eigenvalue weighted by Crippen LogP contribution is 2.57. The van der Waals surface area contributed by atoms with Crippen LogP contribution in [0.2, 0.25) is 0 Å². The molecule has 0 saturated carbocycles. The van der Waals surface area contributed by atoms with Gasteiger partial charge in [-0.15, -0.1) is 6.58 Å². The zero-order valence-electron chi connectivity index (χ0n) is 9.17. The lowest BCUT2D eigenvalue weighted by atomic mass is 10.1. The fraction of sp³-hybridized carbons (Fsp3) is 0.111. The van der Waals surface area contributed by atoms with Crippen LogP contribution in [-0.4, -0.2) is 14.7 Å². The average Bonchev–Trinajstić information content (AvgIpc) is 2.17. The van der Waals surface area contributed by atoms with Crippen molar-refractivity contribution in [1.29, 1.82) is 0 Å².